The van der Waals surface area contributed by atoms with Gasteiger partial charge in [0.15, 0.2) is 0 Å². The van der Waals surface area contributed by atoms with Crippen LogP contribution in [0.3, 0.4) is 0 Å². The van der Waals surface area contributed by atoms with Crippen molar-refractivity contribution in [3.8, 4) is 5.75 Å². The van der Waals surface area contributed by atoms with Crippen molar-refractivity contribution in [2.24, 2.45) is 5.10 Å². The first kappa shape index (κ1) is 22.5. The van der Waals surface area contributed by atoms with Crippen LogP contribution >= 0.6 is 0 Å². The summed E-state index contributed by atoms with van der Waals surface area (Å²) >= 11 is 0. The summed E-state index contributed by atoms with van der Waals surface area (Å²) in [5.74, 6) is -0.0827. The van der Waals surface area contributed by atoms with Crippen molar-refractivity contribution < 1.29 is 18.7 Å². The molecule has 0 aromatic heterocycles. The second kappa shape index (κ2) is 9.22. The summed E-state index contributed by atoms with van der Waals surface area (Å²) in [6.07, 6.45) is 4.06. The number of nitrogens with zero attached hydrogens (tertiary/aromatic N) is 2. The molecule has 6 nitrogen and oxygen atoms in total. The number of carbonyl (C=O) groups excluding carboxylic acids is 2. The Kier molecular flexibility index (Phi) is 5.76. The summed E-state index contributed by atoms with van der Waals surface area (Å²) in [5, 5.41) is 9.64. The van der Waals surface area contributed by atoms with E-state index >= 15 is 0 Å². The van der Waals surface area contributed by atoms with E-state index in [4.69, 9.17) is 9.84 Å². The zero-order chi connectivity index (χ0) is 24.6. The zero-order valence-corrected chi connectivity index (χ0v) is 19.7. The average molecular weight is 484 g/mol. The lowest BCUT2D eigenvalue weighted by atomic mass is 9.95. The highest BCUT2D eigenvalue weighted by atomic mass is 19.1. The lowest BCUT2D eigenvalue weighted by Gasteiger charge is -2.37. The zero-order valence-electron chi connectivity index (χ0n) is 19.7. The molecule has 2 aliphatic heterocycles. The van der Waals surface area contributed by atoms with Crippen LogP contribution in [0.15, 0.2) is 77.9 Å². The number of rotatable bonds is 5. The fraction of sp³-hybridized carbons (Fsp3) is 0.276. The summed E-state index contributed by atoms with van der Waals surface area (Å²) in [4.78, 5) is 26.0. The fourth-order valence-corrected chi connectivity index (χ4v) is 5.29. The predicted octanol–water partition coefficient (Wildman–Crippen LogP) is 5.25. The van der Waals surface area contributed by atoms with Gasteiger partial charge in [0.1, 0.15) is 11.6 Å². The lowest BCUT2D eigenvalue weighted by molar-refractivity contribution is -0.00456. The number of hydrogen-bond donors (Lipinski definition) is 1. The molecule has 3 aromatic carbocycles. The molecule has 2 unspecified atom stereocenters. The molecule has 1 saturated carbocycles. The van der Waals surface area contributed by atoms with E-state index in [-0.39, 0.29) is 23.8 Å². The van der Waals surface area contributed by atoms with Gasteiger partial charge in [-0.05, 0) is 60.9 Å². The number of amides is 1. The van der Waals surface area contributed by atoms with Gasteiger partial charge in [0, 0.05) is 29.2 Å². The van der Waals surface area contributed by atoms with Gasteiger partial charge in [0.05, 0.1) is 11.8 Å². The standard InChI is InChI=1S/C29H26FN3O3/c30-21-15-13-19(14-16-21)27(34)29-33-25(23-7-3-4-8-26(23)36-29)17-24(32-33)18-9-11-20(12-10-18)28(35)31-22-5-1-2-6-22/h3-4,7-16,22,25,29H,1-2,5-6,17H2,(H,31,35). The van der Waals surface area contributed by atoms with Crippen molar-refractivity contribution in [2.75, 3.05) is 0 Å². The number of hydrogen-bond acceptors (Lipinski definition) is 5. The van der Waals surface area contributed by atoms with Crippen LogP contribution in [-0.4, -0.2) is 34.7 Å². The summed E-state index contributed by atoms with van der Waals surface area (Å²) in [7, 11) is 0. The Morgan fingerprint density at radius 2 is 1.61 bits per heavy atom. The van der Waals surface area contributed by atoms with Crippen LogP contribution in [0.4, 0.5) is 4.39 Å². The van der Waals surface area contributed by atoms with E-state index in [1.807, 2.05) is 48.5 Å². The molecule has 2 heterocycles. The molecule has 3 aliphatic rings. The molecule has 182 valence electrons. The van der Waals surface area contributed by atoms with Gasteiger partial charge < -0.3 is 10.1 Å². The van der Waals surface area contributed by atoms with Crippen LogP contribution in [0.25, 0.3) is 0 Å². The largest absolute Gasteiger partial charge is 0.461 e. The number of halogens is 1. The van der Waals surface area contributed by atoms with Crippen LogP contribution in [0.5, 0.6) is 5.75 Å². The molecule has 0 saturated heterocycles. The molecule has 1 fully saturated rings. The van der Waals surface area contributed by atoms with Crippen LogP contribution < -0.4 is 10.1 Å². The van der Waals surface area contributed by atoms with Gasteiger partial charge in [-0.1, -0.05) is 43.2 Å². The molecule has 7 heteroatoms. The highest BCUT2D eigenvalue weighted by Gasteiger charge is 2.43. The summed E-state index contributed by atoms with van der Waals surface area (Å²) in [6, 6.07) is 20.7. The third-order valence-electron chi connectivity index (χ3n) is 7.22. The summed E-state index contributed by atoms with van der Waals surface area (Å²) in [6.45, 7) is 0. The van der Waals surface area contributed by atoms with Crippen LogP contribution in [0.1, 0.15) is 70.0 Å². The van der Waals surface area contributed by atoms with E-state index < -0.39 is 12.0 Å². The second-order valence-corrected chi connectivity index (χ2v) is 9.56. The number of Topliss-reactive ketones (excluding diaryl/α,β-unsaturated/α-hetero) is 1. The van der Waals surface area contributed by atoms with Crippen LogP contribution in [0.2, 0.25) is 0 Å². The Labute approximate surface area is 208 Å². The number of fused-ring (bicyclic) bond motifs is 3. The van der Waals surface area contributed by atoms with Crippen molar-refractivity contribution in [1.29, 1.82) is 0 Å². The monoisotopic (exact) mass is 483 g/mol. The van der Waals surface area contributed by atoms with Gasteiger partial charge in [-0.15, -0.1) is 0 Å². The maximum Gasteiger partial charge on any atom is 0.251 e. The second-order valence-electron chi connectivity index (χ2n) is 9.56. The van der Waals surface area contributed by atoms with Gasteiger partial charge in [0.2, 0.25) is 5.78 Å². The molecule has 2 atom stereocenters. The highest BCUT2D eigenvalue weighted by Crippen LogP contribution is 2.43. The van der Waals surface area contributed by atoms with E-state index in [1.54, 1.807) is 5.01 Å². The SMILES string of the molecule is O=C(NC1CCCC1)c1ccc(C2=NN3C(C(=O)c4ccc(F)cc4)Oc4ccccc4C3C2)cc1. The number of carbonyl (C=O) groups is 2. The Balaban J connectivity index is 1.27. The van der Waals surface area contributed by atoms with Gasteiger partial charge in [0.25, 0.3) is 12.1 Å². The molecule has 1 amide bonds. The molecule has 1 aliphatic carbocycles. The van der Waals surface area contributed by atoms with E-state index in [0.717, 1.165) is 29.7 Å². The predicted molar refractivity (Wildman–Crippen MR) is 133 cm³/mol. The molecule has 0 bridgehead atoms. The normalized spacial score (nSPS) is 20.8. The van der Waals surface area contributed by atoms with E-state index in [1.165, 1.54) is 37.1 Å². The highest BCUT2D eigenvalue weighted by molar-refractivity contribution is 6.04. The Morgan fingerprint density at radius 3 is 2.36 bits per heavy atom. The third-order valence-corrected chi connectivity index (χ3v) is 7.22. The molecular formula is C29H26FN3O3. The van der Waals surface area contributed by atoms with Crippen molar-refractivity contribution in [3.05, 3.63) is 101 Å². The van der Waals surface area contributed by atoms with Crippen molar-refractivity contribution >= 4 is 17.4 Å². The molecule has 3 aromatic rings. The first-order chi connectivity index (χ1) is 17.6. The number of ether oxygens (including phenoxy) is 1. The van der Waals surface area contributed by atoms with E-state index in [2.05, 4.69) is 5.32 Å². The molecular weight excluding hydrogens is 457 g/mol. The van der Waals surface area contributed by atoms with Gasteiger partial charge in [-0.2, -0.15) is 5.10 Å². The smallest absolute Gasteiger partial charge is 0.251 e. The summed E-state index contributed by atoms with van der Waals surface area (Å²) < 4.78 is 19.5. The number of benzene rings is 3. The van der Waals surface area contributed by atoms with E-state index in [0.29, 0.717) is 23.3 Å². The number of nitrogens with one attached hydrogen (secondary N) is 1. The maximum atomic E-state index is 13.4. The average Bonchev–Trinajstić information content (AvgIpc) is 3.59. The Hall–Kier alpha value is -4.00. The van der Waals surface area contributed by atoms with Crippen LogP contribution in [0, 0.1) is 5.82 Å². The summed E-state index contributed by atoms with van der Waals surface area (Å²) in [5.41, 5.74) is 3.67. The Bertz CT molecular complexity index is 1330. The molecule has 1 N–H and O–H groups in total. The minimum absolute atomic E-state index is 0.0495. The molecule has 0 radical (unpaired) electrons. The van der Waals surface area contributed by atoms with Gasteiger partial charge >= 0.3 is 0 Å². The minimum Gasteiger partial charge on any atom is -0.461 e. The quantitative estimate of drug-likeness (QED) is 0.503. The Morgan fingerprint density at radius 1 is 0.917 bits per heavy atom. The molecule has 0 spiro atoms. The minimum atomic E-state index is -0.954. The van der Waals surface area contributed by atoms with Crippen molar-refractivity contribution in [3.63, 3.8) is 0 Å². The lowest BCUT2D eigenvalue weighted by Crippen LogP contribution is -2.45. The van der Waals surface area contributed by atoms with Gasteiger partial charge in [-0.25, -0.2) is 9.40 Å². The third kappa shape index (κ3) is 4.15. The van der Waals surface area contributed by atoms with E-state index in [9.17, 15) is 14.0 Å². The molecule has 36 heavy (non-hydrogen) atoms. The topological polar surface area (TPSA) is 71.0 Å². The molecule has 6 rings (SSSR count). The van der Waals surface area contributed by atoms with Gasteiger partial charge in [-0.3, -0.25) is 9.59 Å². The van der Waals surface area contributed by atoms with Crippen molar-refractivity contribution in [1.82, 2.24) is 10.3 Å². The van der Waals surface area contributed by atoms with Crippen molar-refractivity contribution in [2.45, 2.75) is 50.4 Å². The first-order valence-corrected chi connectivity index (χ1v) is 12.4. The number of hydrazone groups is 1. The maximum absolute atomic E-state index is 13.4. The fourth-order valence-electron chi connectivity index (χ4n) is 5.29. The number of ketones is 1. The number of para-hydroxylation sites is 1. The first-order valence-electron chi connectivity index (χ1n) is 12.4. The van der Waals surface area contributed by atoms with Crippen LogP contribution in [-0.2, 0) is 0 Å².